The summed E-state index contributed by atoms with van der Waals surface area (Å²) in [6.07, 6.45) is 8.16. The van der Waals surface area contributed by atoms with Gasteiger partial charge in [-0.25, -0.2) is 4.79 Å². The topological polar surface area (TPSA) is 76.2 Å². The van der Waals surface area contributed by atoms with Crippen molar-refractivity contribution in [1.82, 2.24) is 10.1 Å². The number of hydrogen-bond donors (Lipinski definition) is 1. The fourth-order valence-corrected chi connectivity index (χ4v) is 1.79. The summed E-state index contributed by atoms with van der Waals surface area (Å²) in [6, 6.07) is 0. The number of aryl methyl sites for hydroxylation is 1. The number of aliphatic carboxylic acids is 1. The summed E-state index contributed by atoms with van der Waals surface area (Å²) in [5.41, 5.74) is 0.0758. The zero-order valence-corrected chi connectivity index (χ0v) is 11.5. The summed E-state index contributed by atoms with van der Waals surface area (Å²) >= 11 is 0. The van der Waals surface area contributed by atoms with Crippen LogP contribution in [0.25, 0.3) is 0 Å². The van der Waals surface area contributed by atoms with Gasteiger partial charge in [0.15, 0.2) is 5.82 Å². The van der Waals surface area contributed by atoms with E-state index in [0.29, 0.717) is 11.7 Å². The van der Waals surface area contributed by atoms with Gasteiger partial charge in [-0.3, -0.25) is 0 Å². The number of rotatable bonds is 10. The molecule has 0 atom stereocenters. The van der Waals surface area contributed by atoms with Crippen molar-refractivity contribution in [1.29, 1.82) is 0 Å². The van der Waals surface area contributed by atoms with Crippen molar-refractivity contribution in [2.45, 2.75) is 58.3 Å². The van der Waals surface area contributed by atoms with Crippen LogP contribution in [0.2, 0.25) is 0 Å². The van der Waals surface area contributed by atoms with Gasteiger partial charge in [-0.2, -0.15) is 4.98 Å². The predicted molar refractivity (Wildman–Crippen MR) is 71.9 cm³/mol. The van der Waals surface area contributed by atoms with Crippen molar-refractivity contribution in [3.63, 3.8) is 0 Å². The molecule has 5 nitrogen and oxygen atoms in total. The minimum Gasteiger partial charge on any atom is -0.478 e. The quantitative estimate of drug-likeness (QED) is 0.520. The first-order valence-electron chi connectivity index (χ1n) is 6.86. The third kappa shape index (κ3) is 6.18. The Morgan fingerprint density at radius 3 is 2.63 bits per heavy atom. The van der Waals surface area contributed by atoms with Gasteiger partial charge >= 0.3 is 5.97 Å². The highest BCUT2D eigenvalue weighted by Crippen LogP contribution is 2.10. The molecular formula is C14H22N2O3. The van der Waals surface area contributed by atoms with E-state index in [2.05, 4.69) is 23.6 Å². The van der Waals surface area contributed by atoms with E-state index in [4.69, 9.17) is 9.63 Å². The van der Waals surface area contributed by atoms with Gasteiger partial charge in [0.25, 0.3) is 0 Å². The van der Waals surface area contributed by atoms with Crippen LogP contribution in [0.15, 0.2) is 16.7 Å². The van der Waals surface area contributed by atoms with Crippen molar-refractivity contribution in [3.05, 3.63) is 23.9 Å². The van der Waals surface area contributed by atoms with Crippen LogP contribution in [0.4, 0.5) is 0 Å². The van der Waals surface area contributed by atoms with E-state index in [1.165, 1.54) is 32.1 Å². The highest BCUT2D eigenvalue weighted by molar-refractivity contribution is 5.86. The summed E-state index contributed by atoms with van der Waals surface area (Å²) < 4.78 is 5.08. The Hall–Kier alpha value is -1.65. The van der Waals surface area contributed by atoms with Crippen molar-refractivity contribution in [3.8, 4) is 0 Å². The van der Waals surface area contributed by atoms with Gasteiger partial charge in [-0.15, -0.1) is 0 Å². The highest BCUT2D eigenvalue weighted by Gasteiger charge is 2.11. The van der Waals surface area contributed by atoms with Crippen molar-refractivity contribution in [2.24, 2.45) is 0 Å². The molecule has 1 heterocycles. The second kappa shape index (κ2) is 8.45. The molecular weight excluding hydrogens is 244 g/mol. The van der Waals surface area contributed by atoms with Crippen LogP contribution in [-0.4, -0.2) is 21.2 Å². The summed E-state index contributed by atoms with van der Waals surface area (Å²) in [6.45, 7) is 5.64. The lowest BCUT2D eigenvalue weighted by Gasteiger charge is -1.97. The Kier molecular flexibility index (Phi) is 6.85. The van der Waals surface area contributed by atoms with Crippen LogP contribution in [0.1, 0.15) is 57.2 Å². The van der Waals surface area contributed by atoms with Crippen LogP contribution in [0.3, 0.4) is 0 Å². The minimum atomic E-state index is -1.03. The second-order valence-electron chi connectivity index (χ2n) is 4.71. The lowest BCUT2D eigenvalue weighted by atomic mass is 10.1. The Morgan fingerprint density at radius 1 is 1.26 bits per heavy atom. The third-order valence-electron chi connectivity index (χ3n) is 2.93. The van der Waals surface area contributed by atoms with Gasteiger partial charge in [0.1, 0.15) is 0 Å². The average Bonchev–Trinajstić information content (AvgIpc) is 2.81. The van der Waals surface area contributed by atoms with Crippen LogP contribution in [0, 0.1) is 0 Å². The van der Waals surface area contributed by atoms with Crippen molar-refractivity contribution >= 4 is 5.97 Å². The zero-order valence-electron chi connectivity index (χ0n) is 11.5. The van der Waals surface area contributed by atoms with E-state index in [-0.39, 0.29) is 12.0 Å². The van der Waals surface area contributed by atoms with E-state index < -0.39 is 5.97 Å². The Labute approximate surface area is 113 Å². The lowest BCUT2D eigenvalue weighted by molar-refractivity contribution is -0.132. The fraction of sp³-hybridized carbons (Fsp3) is 0.643. The smallest absolute Gasteiger partial charge is 0.331 e. The normalized spacial score (nSPS) is 10.6. The summed E-state index contributed by atoms with van der Waals surface area (Å²) in [5, 5.41) is 12.5. The number of carbonyl (C=O) groups is 1. The van der Waals surface area contributed by atoms with E-state index in [9.17, 15) is 4.79 Å². The number of aromatic nitrogens is 2. The molecule has 0 aliphatic rings. The first-order valence-corrected chi connectivity index (χ1v) is 6.86. The molecule has 0 amide bonds. The molecule has 0 aromatic carbocycles. The maximum atomic E-state index is 10.6. The minimum absolute atomic E-state index is 0.0758. The SMILES string of the molecule is C=C(Cc1noc(CCCCCCCC)n1)C(=O)O. The second-order valence-corrected chi connectivity index (χ2v) is 4.71. The van der Waals surface area contributed by atoms with E-state index in [1.54, 1.807) is 0 Å². The van der Waals surface area contributed by atoms with Crippen LogP contribution in [-0.2, 0) is 17.6 Å². The molecule has 0 fully saturated rings. The average molecular weight is 266 g/mol. The molecule has 1 aromatic heterocycles. The fourth-order valence-electron chi connectivity index (χ4n) is 1.79. The maximum absolute atomic E-state index is 10.6. The Bertz CT molecular complexity index is 413. The standard InChI is InChI=1S/C14H22N2O3/c1-3-4-5-6-7-8-9-13-15-12(16-19-13)10-11(2)14(17)18/h2-10H2,1H3,(H,17,18). The molecule has 0 aliphatic heterocycles. The molecule has 0 bridgehead atoms. The van der Waals surface area contributed by atoms with E-state index in [0.717, 1.165) is 12.8 Å². The molecule has 5 heteroatoms. The predicted octanol–water partition coefficient (Wildman–Crippen LogP) is 3.16. The molecule has 0 saturated heterocycles. The molecule has 1 rings (SSSR count). The number of nitrogens with zero attached hydrogens (tertiary/aromatic N) is 2. The summed E-state index contributed by atoms with van der Waals surface area (Å²) in [4.78, 5) is 14.8. The lowest BCUT2D eigenvalue weighted by Crippen LogP contribution is -2.03. The maximum Gasteiger partial charge on any atom is 0.331 e. The summed E-state index contributed by atoms with van der Waals surface area (Å²) in [5.74, 6) is -0.0423. The first kappa shape index (κ1) is 15.4. The van der Waals surface area contributed by atoms with E-state index >= 15 is 0 Å². The first-order chi connectivity index (χ1) is 9.13. The number of carboxylic acid groups (broad SMARTS) is 1. The van der Waals surface area contributed by atoms with Gasteiger partial charge in [-0.05, 0) is 6.42 Å². The molecule has 106 valence electrons. The van der Waals surface area contributed by atoms with Gasteiger partial charge < -0.3 is 9.63 Å². The Balaban J connectivity index is 2.23. The molecule has 0 unspecified atom stereocenters. The van der Waals surface area contributed by atoms with Gasteiger partial charge in [0.2, 0.25) is 5.89 Å². The van der Waals surface area contributed by atoms with Gasteiger partial charge in [0.05, 0.1) is 0 Å². The van der Waals surface area contributed by atoms with Gasteiger partial charge in [0, 0.05) is 18.4 Å². The van der Waals surface area contributed by atoms with Crippen LogP contribution in [0.5, 0.6) is 0 Å². The van der Waals surface area contributed by atoms with Crippen molar-refractivity contribution in [2.75, 3.05) is 0 Å². The molecule has 0 radical (unpaired) electrons. The van der Waals surface area contributed by atoms with E-state index in [1.807, 2.05) is 0 Å². The zero-order chi connectivity index (χ0) is 14.1. The molecule has 0 spiro atoms. The van der Waals surface area contributed by atoms with Gasteiger partial charge in [-0.1, -0.05) is 50.8 Å². The molecule has 19 heavy (non-hydrogen) atoms. The molecule has 0 saturated carbocycles. The highest BCUT2D eigenvalue weighted by atomic mass is 16.5. The molecule has 0 aliphatic carbocycles. The number of unbranched alkanes of at least 4 members (excludes halogenated alkanes) is 5. The number of hydrogen-bond acceptors (Lipinski definition) is 4. The van der Waals surface area contributed by atoms with Crippen molar-refractivity contribution < 1.29 is 14.4 Å². The Morgan fingerprint density at radius 2 is 1.95 bits per heavy atom. The van der Waals surface area contributed by atoms with Crippen LogP contribution >= 0.6 is 0 Å². The monoisotopic (exact) mass is 266 g/mol. The summed E-state index contributed by atoms with van der Waals surface area (Å²) in [7, 11) is 0. The largest absolute Gasteiger partial charge is 0.478 e. The van der Waals surface area contributed by atoms with Crippen LogP contribution < -0.4 is 0 Å². The third-order valence-corrected chi connectivity index (χ3v) is 2.93. The number of carboxylic acids is 1. The molecule has 1 aromatic rings. The molecule has 1 N–H and O–H groups in total.